The Kier molecular flexibility index (Phi) is 3.68. The molecule has 92 valence electrons. The molecule has 0 spiro atoms. The van der Waals surface area contributed by atoms with Crippen LogP contribution in [0, 0.1) is 17.3 Å². The van der Waals surface area contributed by atoms with E-state index in [2.05, 4.69) is 18.7 Å². The van der Waals surface area contributed by atoms with Gasteiger partial charge in [-0.3, -0.25) is 0 Å². The zero-order valence-electron chi connectivity index (χ0n) is 10.7. The van der Waals surface area contributed by atoms with Crippen LogP contribution in [-0.4, -0.2) is 30.8 Å². The summed E-state index contributed by atoms with van der Waals surface area (Å²) in [5.41, 5.74) is 0.0107. The number of carbonyl (C=O) groups is 1. The van der Waals surface area contributed by atoms with Crippen molar-refractivity contribution in [1.29, 1.82) is 0 Å². The van der Waals surface area contributed by atoms with Gasteiger partial charge in [0.1, 0.15) is 6.29 Å². The van der Waals surface area contributed by atoms with Gasteiger partial charge in [-0.1, -0.05) is 26.7 Å². The maximum atomic E-state index is 11.3. The van der Waals surface area contributed by atoms with E-state index in [9.17, 15) is 4.79 Å². The number of rotatable bonds is 3. The predicted octanol–water partition coefficient (Wildman–Crippen LogP) is 2.72. The lowest BCUT2D eigenvalue weighted by Gasteiger charge is -2.39. The van der Waals surface area contributed by atoms with Crippen LogP contribution in [0.1, 0.15) is 46.0 Å². The van der Waals surface area contributed by atoms with Crippen LogP contribution in [0.2, 0.25) is 0 Å². The normalized spacial score (nSPS) is 35.1. The molecule has 0 bridgehead atoms. The van der Waals surface area contributed by atoms with Gasteiger partial charge < -0.3 is 9.69 Å². The van der Waals surface area contributed by atoms with Crippen molar-refractivity contribution in [2.45, 2.75) is 46.0 Å². The van der Waals surface area contributed by atoms with E-state index in [0.29, 0.717) is 0 Å². The Morgan fingerprint density at radius 3 is 2.25 bits per heavy atom. The monoisotopic (exact) mass is 223 g/mol. The average molecular weight is 223 g/mol. The van der Waals surface area contributed by atoms with Crippen molar-refractivity contribution in [2.24, 2.45) is 17.3 Å². The molecule has 0 N–H and O–H groups in total. The van der Waals surface area contributed by atoms with Crippen molar-refractivity contribution >= 4 is 6.29 Å². The molecule has 0 amide bonds. The molecule has 1 aliphatic heterocycles. The Balaban J connectivity index is 1.94. The maximum absolute atomic E-state index is 11.3. The first-order valence-electron chi connectivity index (χ1n) is 6.82. The first kappa shape index (κ1) is 12.1. The summed E-state index contributed by atoms with van der Waals surface area (Å²) in [6.07, 6.45) is 7.34. The van der Waals surface area contributed by atoms with Gasteiger partial charge in [0.15, 0.2) is 0 Å². The average Bonchev–Trinajstić information content (AvgIpc) is 2.65. The summed E-state index contributed by atoms with van der Waals surface area (Å²) < 4.78 is 0. The highest BCUT2D eigenvalue weighted by Crippen LogP contribution is 2.38. The Bertz CT molecular complexity index is 235. The third kappa shape index (κ3) is 2.65. The summed E-state index contributed by atoms with van der Waals surface area (Å²) in [4.78, 5) is 13.9. The summed E-state index contributed by atoms with van der Waals surface area (Å²) in [5, 5.41) is 0. The molecule has 2 aliphatic rings. The molecule has 1 heterocycles. The van der Waals surface area contributed by atoms with Crippen LogP contribution in [0.4, 0.5) is 0 Å². The van der Waals surface area contributed by atoms with Gasteiger partial charge in [0, 0.05) is 25.0 Å². The highest BCUT2D eigenvalue weighted by molar-refractivity contribution is 5.60. The highest BCUT2D eigenvalue weighted by Gasteiger charge is 2.36. The SMILES string of the molecule is CC1CC(C)CN(CC2(C=O)CCCC2)C1. The fourth-order valence-corrected chi connectivity index (χ4v) is 3.76. The summed E-state index contributed by atoms with van der Waals surface area (Å²) in [6.45, 7) is 8.08. The van der Waals surface area contributed by atoms with Crippen LogP contribution in [-0.2, 0) is 4.79 Å². The molecular formula is C14H25NO. The molecule has 16 heavy (non-hydrogen) atoms. The molecule has 0 aromatic heterocycles. The second kappa shape index (κ2) is 4.87. The number of hydrogen-bond acceptors (Lipinski definition) is 2. The van der Waals surface area contributed by atoms with E-state index in [1.165, 1.54) is 38.6 Å². The van der Waals surface area contributed by atoms with Gasteiger partial charge >= 0.3 is 0 Å². The Morgan fingerprint density at radius 2 is 1.75 bits per heavy atom. The van der Waals surface area contributed by atoms with E-state index in [-0.39, 0.29) is 5.41 Å². The lowest BCUT2D eigenvalue weighted by molar-refractivity contribution is -0.117. The van der Waals surface area contributed by atoms with Gasteiger partial charge in [0.2, 0.25) is 0 Å². The standard InChI is InChI=1S/C14H25NO/c1-12-7-13(2)9-15(8-12)10-14(11-16)5-3-4-6-14/h11-13H,3-10H2,1-2H3. The van der Waals surface area contributed by atoms with Gasteiger partial charge in [-0.05, 0) is 31.1 Å². The summed E-state index contributed by atoms with van der Waals surface area (Å²) >= 11 is 0. The molecule has 1 aliphatic carbocycles. The molecule has 2 unspecified atom stereocenters. The number of hydrogen-bond donors (Lipinski definition) is 0. The van der Waals surface area contributed by atoms with E-state index in [1.807, 2.05) is 0 Å². The molecule has 2 fully saturated rings. The van der Waals surface area contributed by atoms with Crippen LogP contribution in [0.15, 0.2) is 0 Å². The third-order valence-electron chi connectivity index (χ3n) is 4.33. The first-order valence-corrected chi connectivity index (χ1v) is 6.82. The van der Waals surface area contributed by atoms with Crippen molar-refractivity contribution in [3.63, 3.8) is 0 Å². The fourth-order valence-electron chi connectivity index (χ4n) is 3.76. The van der Waals surface area contributed by atoms with Crippen LogP contribution in [0.3, 0.4) is 0 Å². The summed E-state index contributed by atoms with van der Waals surface area (Å²) in [7, 11) is 0. The largest absolute Gasteiger partial charge is 0.303 e. The number of nitrogens with zero attached hydrogens (tertiary/aromatic N) is 1. The van der Waals surface area contributed by atoms with Crippen molar-refractivity contribution in [3.8, 4) is 0 Å². The van der Waals surface area contributed by atoms with Gasteiger partial charge in [0.25, 0.3) is 0 Å². The molecule has 2 rings (SSSR count). The van der Waals surface area contributed by atoms with Gasteiger partial charge in [-0.2, -0.15) is 0 Å². The molecular weight excluding hydrogens is 198 g/mol. The second-order valence-corrected chi connectivity index (χ2v) is 6.33. The second-order valence-electron chi connectivity index (χ2n) is 6.33. The Labute approximate surface area is 99.4 Å². The van der Waals surface area contributed by atoms with Crippen LogP contribution >= 0.6 is 0 Å². The molecule has 2 atom stereocenters. The number of aldehydes is 1. The highest BCUT2D eigenvalue weighted by atomic mass is 16.1. The Morgan fingerprint density at radius 1 is 1.19 bits per heavy atom. The minimum Gasteiger partial charge on any atom is -0.303 e. The van der Waals surface area contributed by atoms with Crippen LogP contribution in [0.5, 0.6) is 0 Å². The molecule has 2 nitrogen and oxygen atoms in total. The van der Waals surface area contributed by atoms with E-state index >= 15 is 0 Å². The topological polar surface area (TPSA) is 20.3 Å². The van der Waals surface area contributed by atoms with Crippen molar-refractivity contribution in [3.05, 3.63) is 0 Å². The van der Waals surface area contributed by atoms with Gasteiger partial charge in [0.05, 0.1) is 0 Å². The van der Waals surface area contributed by atoms with E-state index < -0.39 is 0 Å². The van der Waals surface area contributed by atoms with Crippen LogP contribution < -0.4 is 0 Å². The van der Waals surface area contributed by atoms with Gasteiger partial charge in [-0.25, -0.2) is 0 Å². The lowest BCUT2D eigenvalue weighted by Crippen LogP contribution is -2.45. The van der Waals surface area contributed by atoms with Crippen LogP contribution in [0.25, 0.3) is 0 Å². The molecule has 2 heteroatoms. The zero-order valence-corrected chi connectivity index (χ0v) is 10.7. The van der Waals surface area contributed by atoms with Crippen molar-refractivity contribution < 1.29 is 4.79 Å². The first-order chi connectivity index (χ1) is 7.63. The maximum Gasteiger partial charge on any atom is 0.127 e. The zero-order chi connectivity index (χ0) is 11.6. The minimum atomic E-state index is 0.0107. The Hall–Kier alpha value is -0.370. The van der Waals surface area contributed by atoms with E-state index in [4.69, 9.17) is 0 Å². The van der Waals surface area contributed by atoms with E-state index in [1.54, 1.807) is 0 Å². The predicted molar refractivity (Wildman–Crippen MR) is 66.4 cm³/mol. The molecule has 1 saturated heterocycles. The summed E-state index contributed by atoms with van der Waals surface area (Å²) in [5.74, 6) is 1.60. The smallest absolute Gasteiger partial charge is 0.127 e. The summed E-state index contributed by atoms with van der Waals surface area (Å²) in [6, 6.07) is 0. The number of likely N-dealkylation sites (tertiary alicyclic amines) is 1. The van der Waals surface area contributed by atoms with Gasteiger partial charge in [-0.15, -0.1) is 0 Å². The third-order valence-corrected chi connectivity index (χ3v) is 4.33. The lowest BCUT2D eigenvalue weighted by atomic mass is 9.85. The molecule has 1 saturated carbocycles. The minimum absolute atomic E-state index is 0.0107. The molecule has 0 radical (unpaired) electrons. The number of carbonyl (C=O) groups excluding carboxylic acids is 1. The molecule has 0 aromatic rings. The number of piperidine rings is 1. The van der Waals surface area contributed by atoms with Crippen molar-refractivity contribution in [1.82, 2.24) is 4.90 Å². The fraction of sp³-hybridized carbons (Fsp3) is 0.929. The van der Waals surface area contributed by atoms with E-state index in [0.717, 1.165) is 31.2 Å². The van der Waals surface area contributed by atoms with Crippen molar-refractivity contribution in [2.75, 3.05) is 19.6 Å². The quantitative estimate of drug-likeness (QED) is 0.686. The molecule has 0 aromatic carbocycles.